The summed E-state index contributed by atoms with van der Waals surface area (Å²) in [6.07, 6.45) is 1.22. The van der Waals surface area contributed by atoms with Gasteiger partial charge in [-0.05, 0) is 26.1 Å². The van der Waals surface area contributed by atoms with Gasteiger partial charge in [0, 0.05) is 13.4 Å². The first-order valence-corrected chi connectivity index (χ1v) is 7.29. The molecule has 1 N–H and O–H groups in total. The van der Waals surface area contributed by atoms with Gasteiger partial charge in [0.15, 0.2) is 9.84 Å². The first kappa shape index (κ1) is 14.2. The highest BCUT2D eigenvalue weighted by Gasteiger charge is 2.28. The lowest BCUT2D eigenvalue weighted by Gasteiger charge is -2.19. The Morgan fingerprint density at radius 2 is 2.12 bits per heavy atom. The van der Waals surface area contributed by atoms with Gasteiger partial charge in [0.1, 0.15) is 18.1 Å². The van der Waals surface area contributed by atoms with Crippen LogP contribution in [0.1, 0.15) is 24.5 Å². The van der Waals surface area contributed by atoms with E-state index < -0.39 is 15.1 Å². The largest absolute Gasteiger partial charge is 0.462 e. The number of hydrogen-bond acceptors (Lipinski definition) is 5. The summed E-state index contributed by atoms with van der Waals surface area (Å²) in [6.45, 7) is 2.04. The third-order valence-electron chi connectivity index (χ3n) is 2.73. The van der Waals surface area contributed by atoms with Crippen LogP contribution >= 0.6 is 0 Å². The van der Waals surface area contributed by atoms with E-state index in [-0.39, 0.29) is 6.04 Å². The van der Waals surface area contributed by atoms with Crippen molar-refractivity contribution < 1.29 is 17.6 Å². The summed E-state index contributed by atoms with van der Waals surface area (Å²) in [5.74, 6) is 1.29. The molecular formula is C11H19NO4S. The van der Waals surface area contributed by atoms with E-state index in [0.29, 0.717) is 18.1 Å². The van der Waals surface area contributed by atoms with Gasteiger partial charge in [-0.2, -0.15) is 0 Å². The predicted octanol–water partition coefficient (Wildman–Crippen LogP) is 1.12. The molecule has 0 bridgehead atoms. The van der Waals surface area contributed by atoms with Crippen molar-refractivity contribution in [1.29, 1.82) is 0 Å². The van der Waals surface area contributed by atoms with Crippen molar-refractivity contribution in [3.8, 4) is 0 Å². The third-order valence-corrected chi connectivity index (χ3v) is 4.35. The second-order valence-corrected chi connectivity index (χ2v) is 6.44. The van der Waals surface area contributed by atoms with E-state index in [1.807, 2.05) is 0 Å². The van der Waals surface area contributed by atoms with E-state index in [1.54, 1.807) is 33.2 Å². The Morgan fingerprint density at radius 3 is 2.59 bits per heavy atom. The number of ether oxygens (including phenoxy) is 1. The Morgan fingerprint density at radius 1 is 1.47 bits per heavy atom. The summed E-state index contributed by atoms with van der Waals surface area (Å²) >= 11 is 0. The predicted molar refractivity (Wildman–Crippen MR) is 65.5 cm³/mol. The number of furan rings is 1. The zero-order valence-corrected chi connectivity index (χ0v) is 11.4. The van der Waals surface area contributed by atoms with Crippen LogP contribution in [0.2, 0.25) is 0 Å². The summed E-state index contributed by atoms with van der Waals surface area (Å²) in [6, 6.07) is 3.21. The van der Waals surface area contributed by atoms with E-state index in [9.17, 15) is 8.42 Å². The van der Waals surface area contributed by atoms with Crippen LogP contribution < -0.4 is 5.32 Å². The summed E-state index contributed by atoms with van der Waals surface area (Å²) in [5.41, 5.74) is 0. The summed E-state index contributed by atoms with van der Waals surface area (Å²) < 4.78 is 33.6. The van der Waals surface area contributed by atoms with Gasteiger partial charge in [0.05, 0.1) is 11.3 Å². The molecule has 1 aromatic heterocycles. The number of rotatable bonds is 6. The average molecular weight is 261 g/mol. The molecule has 1 heterocycles. The molecule has 0 fully saturated rings. The lowest BCUT2D eigenvalue weighted by Crippen LogP contribution is -2.32. The van der Waals surface area contributed by atoms with Crippen LogP contribution in [0.3, 0.4) is 0 Å². The van der Waals surface area contributed by atoms with E-state index in [0.717, 1.165) is 0 Å². The number of nitrogens with one attached hydrogen (secondary N) is 1. The lowest BCUT2D eigenvalue weighted by atomic mass is 10.2. The van der Waals surface area contributed by atoms with Crippen LogP contribution in [0.25, 0.3) is 0 Å². The van der Waals surface area contributed by atoms with E-state index >= 15 is 0 Å². The minimum Gasteiger partial charge on any atom is -0.462 e. The summed E-state index contributed by atoms with van der Waals surface area (Å²) in [7, 11) is 0.174. The van der Waals surface area contributed by atoms with Gasteiger partial charge in [-0.15, -0.1) is 0 Å². The van der Waals surface area contributed by atoms with Crippen LogP contribution in [-0.4, -0.2) is 34.1 Å². The lowest BCUT2D eigenvalue weighted by molar-refractivity contribution is 0.161. The Bertz CT molecular complexity index is 452. The molecule has 0 aliphatic heterocycles. The first-order valence-electron chi connectivity index (χ1n) is 5.33. The van der Waals surface area contributed by atoms with Gasteiger partial charge in [-0.1, -0.05) is 0 Å². The molecule has 2 unspecified atom stereocenters. The fourth-order valence-corrected chi connectivity index (χ4v) is 2.40. The molecule has 0 amide bonds. The van der Waals surface area contributed by atoms with Crippen LogP contribution in [-0.2, 0) is 21.2 Å². The second kappa shape index (κ2) is 5.66. The molecule has 1 aromatic rings. The van der Waals surface area contributed by atoms with Gasteiger partial charge in [0.2, 0.25) is 0 Å². The SMILES string of the molecule is CNC(c1ccc(COC)o1)C(C)S(C)(=O)=O. The third kappa shape index (κ3) is 3.55. The normalized spacial score (nSPS) is 15.8. The quantitative estimate of drug-likeness (QED) is 0.831. The van der Waals surface area contributed by atoms with E-state index in [2.05, 4.69) is 5.32 Å². The minimum absolute atomic E-state index is 0.351. The monoisotopic (exact) mass is 261 g/mol. The molecule has 0 saturated carbocycles. The van der Waals surface area contributed by atoms with Gasteiger partial charge in [0.25, 0.3) is 0 Å². The van der Waals surface area contributed by atoms with Gasteiger partial charge < -0.3 is 14.5 Å². The highest BCUT2D eigenvalue weighted by atomic mass is 32.2. The molecule has 0 aliphatic rings. The molecule has 17 heavy (non-hydrogen) atoms. The first-order chi connectivity index (χ1) is 7.90. The molecule has 0 spiro atoms. The molecule has 0 aliphatic carbocycles. The van der Waals surface area contributed by atoms with Gasteiger partial charge in [-0.3, -0.25) is 0 Å². The second-order valence-electron chi connectivity index (χ2n) is 4.04. The Balaban J connectivity index is 2.93. The van der Waals surface area contributed by atoms with Crippen LogP contribution in [0.4, 0.5) is 0 Å². The topological polar surface area (TPSA) is 68.5 Å². The molecule has 6 heteroatoms. The highest BCUT2D eigenvalue weighted by molar-refractivity contribution is 7.91. The fourth-order valence-electron chi connectivity index (χ4n) is 1.64. The molecule has 98 valence electrons. The zero-order valence-electron chi connectivity index (χ0n) is 10.6. The van der Waals surface area contributed by atoms with E-state index in [1.165, 1.54) is 6.26 Å². The van der Waals surface area contributed by atoms with Crippen molar-refractivity contribution in [2.45, 2.75) is 24.8 Å². The molecule has 0 radical (unpaired) electrons. The van der Waals surface area contributed by atoms with Crippen LogP contribution in [0.5, 0.6) is 0 Å². The van der Waals surface area contributed by atoms with Crippen molar-refractivity contribution >= 4 is 9.84 Å². The standard InChI is InChI=1S/C11H19NO4S/c1-8(17(4,13)14)11(12-2)10-6-5-9(16-10)7-15-3/h5-6,8,11-12H,7H2,1-4H3. The number of hydrogen-bond donors (Lipinski definition) is 1. The van der Waals surface area contributed by atoms with Crippen LogP contribution in [0.15, 0.2) is 16.5 Å². The maximum atomic E-state index is 11.5. The molecule has 2 atom stereocenters. The number of methoxy groups -OCH3 is 1. The Kier molecular flexibility index (Phi) is 4.73. The average Bonchev–Trinajstić information content (AvgIpc) is 2.67. The molecule has 0 aromatic carbocycles. The maximum Gasteiger partial charge on any atom is 0.152 e. The van der Waals surface area contributed by atoms with Crippen LogP contribution in [0, 0.1) is 0 Å². The smallest absolute Gasteiger partial charge is 0.152 e. The summed E-state index contributed by atoms with van der Waals surface area (Å²) in [5, 5.41) is 2.42. The minimum atomic E-state index is -3.12. The Labute approximate surface area is 102 Å². The number of sulfone groups is 1. The van der Waals surface area contributed by atoms with Gasteiger partial charge in [-0.25, -0.2) is 8.42 Å². The fraction of sp³-hybridized carbons (Fsp3) is 0.636. The molecular weight excluding hydrogens is 242 g/mol. The maximum absolute atomic E-state index is 11.5. The van der Waals surface area contributed by atoms with E-state index in [4.69, 9.17) is 9.15 Å². The van der Waals surface area contributed by atoms with Gasteiger partial charge >= 0.3 is 0 Å². The summed E-state index contributed by atoms with van der Waals surface area (Å²) in [4.78, 5) is 0. The molecule has 5 nitrogen and oxygen atoms in total. The van der Waals surface area contributed by atoms with Crippen molar-refractivity contribution in [2.75, 3.05) is 20.4 Å². The van der Waals surface area contributed by atoms with Crippen molar-refractivity contribution in [2.24, 2.45) is 0 Å². The Hall–Kier alpha value is -0.850. The molecule has 0 saturated heterocycles. The van der Waals surface area contributed by atoms with Crippen molar-refractivity contribution in [3.05, 3.63) is 23.7 Å². The zero-order chi connectivity index (χ0) is 13.1. The molecule has 1 rings (SSSR count). The van der Waals surface area contributed by atoms with Crippen molar-refractivity contribution in [1.82, 2.24) is 5.32 Å². The highest BCUT2D eigenvalue weighted by Crippen LogP contribution is 2.23. The van der Waals surface area contributed by atoms with Crippen molar-refractivity contribution in [3.63, 3.8) is 0 Å².